The summed E-state index contributed by atoms with van der Waals surface area (Å²) in [6.45, 7) is 2.08. The van der Waals surface area contributed by atoms with E-state index < -0.39 is 11.7 Å². The van der Waals surface area contributed by atoms with E-state index in [1.165, 1.54) is 12.1 Å². The smallest absolute Gasteiger partial charge is 0.420 e. The van der Waals surface area contributed by atoms with Crippen LogP contribution in [0.2, 0.25) is 5.02 Å². The number of hydrogen-bond donors (Lipinski definition) is 0. The van der Waals surface area contributed by atoms with Crippen molar-refractivity contribution in [2.75, 3.05) is 6.61 Å². The minimum absolute atomic E-state index is 0.0474. The highest BCUT2D eigenvalue weighted by Crippen LogP contribution is 2.37. The Bertz CT molecular complexity index is 336. The molecule has 1 aromatic carbocycles. The summed E-state index contributed by atoms with van der Waals surface area (Å²) in [5.41, 5.74) is -0.830. The average Bonchev–Trinajstić information content (AvgIpc) is 2.14. The first-order valence-corrected chi connectivity index (χ1v) is 4.82. The third-order valence-corrected chi connectivity index (χ3v) is 1.94. The Morgan fingerprint density at radius 2 is 2.00 bits per heavy atom. The molecular weight excluding hydrogens is 229 g/mol. The van der Waals surface area contributed by atoms with Gasteiger partial charge < -0.3 is 4.74 Å². The lowest BCUT2D eigenvalue weighted by Gasteiger charge is -2.13. The third-order valence-electron chi connectivity index (χ3n) is 1.71. The van der Waals surface area contributed by atoms with Crippen molar-refractivity contribution in [3.63, 3.8) is 0 Å². The molecule has 0 saturated carbocycles. The van der Waals surface area contributed by atoms with Crippen LogP contribution < -0.4 is 4.74 Å². The van der Waals surface area contributed by atoms with Crippen LogP contribution in [0.3, 0.4) is 0 Å². The molecule has 0 spiro atoms. The van der Waals surface area contributed by atoms with Gasteiger partial charge in [-0.1, -0.05) is 18.5 Å². The monoisotopic (exact) mass is 238 g/mol. The van der Waals surface area contributed by atoms with Crippen molar-refractivity contribution in [2.45, 2.75) is 19.5 Å². The summed E-state index contributed by atoms with van der Waals surface area (Å²) < 4.78 is 42.5. The lowest BCUT2D eigenvalue weighted by atomic mass is 10.2. The minimum atomic E-state index is -4.44. The fourth-order valence-corrected chi connectivity index (χ4v) is 1.23. The van der Waals surface area contributed by atoms with Gasteiger partial charge in [-0.15, -0.1) is 0 Å². The Balaban J connectivity index is 3.04. The van der Waals surface area contributed by atoms with Gasteiger partial charge in [0.1, 0.15) is 5.75 Å². The van der Waals surface area contributed by atoms with Gasteiger partial charge in [-0.05, 0) is 24.6 Å². The van der Waals surface area contributed by atoms with Crippen molar-refractivity contribution in [3.8, 4) is 5.75 Å². The molecule has 1 aromatic rings. The lowest BCUT2D eigenvalue weighted by molar-refractivity contribution is -0.138. The standard InChI is InChI=1S/C10H10ClF3O/c1-2-5-15-9-4-3-7(11)6-8(9)10(12,13)14/h3-4,6H,2,5H2,1H3. The number of hydrogen-bond acceptors (Lipinski definition) is 1. The van der Waals surface area contributed by atoms with E-state index in [-0.39, 0.29) is 17.4 Å². The van der Waals surface area contributed by atoms with Gasteiger partial charge in [0.15, 0.2) is 0 Å². The van der Waals surface area contributed by atoms with E-state index in [9.17, 15) is 13.2 Å². The Morgan fingerprint density at radius 1 is 1.33 bits per heavy atom. The highest BCUT2D eigenvalue weighted by atomic mass is 35.5. The average molecular weight is 239 g/mol. The first-order valence-electron chi connectivity index (χ1n) is 4.44. The predicted molar refractivity (Wildman–Crippen MR) is 52.2 cm³/mol. The number of halogens is 4. The van der Waals surface area contributed by atoms with Crippen molar-refractivity contribution < 1.29 is 17.9 Å². The van der Waals surface area contributed by atoms with Gasteiger partial charge in [0.25, 0.3) is 0 Å². The van der Waals surface area contributed by atoms with Crippen LogP contribution in [0.5, 0.6) is 5.75 Å². The first-order chi connectivity index (χ1) is 6.95. The summed E-state index contributed by atoms with van der Waals surface area (Å²) in [6, 6.07) is 3.48. The van der Waals surface area contributed by atoms with E-state index in [1.54, 1.807) is 0 Å². The summed E-state index contributed by atoms with van der Waals surface area (Å²) in [7, 11) is 0. The molecule has 0 aliphatic heterocycles. The van der Waals surface area contributed by atoms with Gasteiger partial charge in [-0.3, -0.25) is 0 Å². The molecule has 0 amide bonds. The molecule has 0 heterocycles. The number of benzene rings is 1. The second-order valence-electron chi connectivity index (χ2n) is 2.99. The van der Waals surface area contributed by atoms with Gasteiger partial charge in [0, 0.05) is 5.02 Å². The van der Waals surface area contributed by atoms with Crippen LogP contribution in [-0.2, 0) is 6.18 Å². The maximum absolute atomic E-state index is 12.5. The molecule has 0 aromatic heterocycles. The van der Waals surface area contributed by atoms with E-state index in [0.29, 0.717) is 6.42 Å². The van der Waals surface area contributed by atoms with E-state index in [1.807, 2.05) is 6.92 Å². The van der Waals surface area contributed by atoms with Crippen LogP contribution in [0, 0.1) is 0 Å². The molecule has 0 bridgehead atoms. The van der Waals surface area contributed by atoms with E-state index in [0.717, 1.165) is 6.07 Å². The maximum atomic E-state index is 12.5. The largest absolute Gasteiger partial charge is 0.493 e. The highest BCUT2D eigenvalue weighted by Gasteiger charge is 2.34. The van der Waals surface area contributed by atoms with Crippen molar-refractivity contribution in [1.29, 1.82) is 0 Å². The fraction of sp³-hybridized carbons (Fsp3) is 0.400. The molecular formula is C10H10ClF3O. The predicted octanol–water partition coefficient (Wildman–Crippen LogP) is 4.15. The zero-order chi connectivity index (χ0) is 11.5. The second-order valence-corrected chi connectivity index (χ2v) is 3.42. The molecule has 0 fully saturated rings. The second kappa shape index (κ2) is 4.75. The summed E-state index contributed by atoms with van der Waals surface area (Å²) in [5, 5.41) is 0.0474. The normalized spacial score (nSPS) is 11.5. The molecule has 1 rings (SSSR count). The molecule has 0 radical (unpaired) electrons. The molecule has 0 saturated heterocycles. The molecule has 0 N–H and O–H groups in total. The summed E-state index contributed by atoms with van der Waals surface area (Å²) in [6.07, 6.45) is -3.78. The molecule has 0 atom stereocenters. The summed E-state index contributed by atoms with van der Waals surface area (Å²) >= 11 is 5.50. The Labute approximate surface area is 90.8 Å². The first kappa shape index (κ1) is 12.2. The Hall–Kier alpha value is -0.900. The molecule has 1 nitrogen and oxygen atoms in total. The van der Waals surface area contributed by atoms with Gasteiger partial charge in [0.2, 0.25) is 0 Å². The molecule has 0 aliphatic rings. The number of alkyl halides is 3. The van der Waals surface area contributed by atoms with Crippen LogP contribution in [0.15, 0.2) is 18.2 Å². The number of rotatable bonds is 3. The molecule has 5 heteroatoms. The minimum Gasteiger partial charge on any atom is -0.493 e. The highest BCUT2D eigenvalue weighted by molar-refractivity contribution is 6.30. The summed E-state index contributed by atoms with van der Waals surface area (Å²) in [4.78, 5) is 0. The van der Waals surface area contributed by atoms with Crippen LogP contribution in [0.4, 0.5) is 13.2 Å². The molecule has 0 unspecified atom stereocenters. The Morgan fingerprint density at radius 3 is 2.53 bits per heavy atom. The van der Waals surface area contributed by atoms with Crippen LogP contribution in [-0.4, -0.2) is 6.61 Å². The zero-order valence-electron chi connectivity index (χ0n) is 8.07. The van der Waals surface area contributed by atoms with Crippen molar-refractivity contribution in [3.05, 3.63) is 28.8 Å². The maximum Gasteiger partial charge on any atom is 0.420 e. The van der Waals surface area contributed by atoms with E-state index in [4.69, 9.17) is 16.3 Å². The fourth-order valence-electron chi connectivity index (χ4n) is 1.06. The lowest BCUT2D eigenvalue weighted by Crippen LogP contribution is -2.09. The van der Waals surface area contributed by atoms with Crippen LogP contribution >= 0.6 is 11.6 Å². The van der Waals surface area contributed by atoms with Crippen molar-refractivity contribution in [1.82, 2.24) is 0 Å². The van der Waals surface area contributed by atoms with E-state index >= 15 is 0 Å². The summed E-state index contributed by atoms with van der Waals surface area (Å²) in [5.74, 6) is -0.172. The van der Waals surface area contributed by atoms with Gasteiger partial charge in [-0.25, -0.2) is 0 Å². The molecule has 15 heavy (non-hydrogen) atoms. The van der Waals surface area contributed by atoms with Gasteiger partial charge in [-0.2, -0.15) is 13.2 Å². The van der Waals surface area contributed by atoms with Crippen LogP contribution in [0.1, 0.15) is 18.9 Å². The van der Waals surface area contributed by atoms with Gasteiger partial charge in [0.05, 0.1) is 12.2 Å². The topological polar surface area (TPSA) is 9.23 Å². The quantitative estimate of drug-likeness (QED) is 0.769. The molecule has 84 valence electrons. The zero-order valence-corrected chi connectivity index (χ0v) is 8.82. The Kier molecular flexibility index (Phi) is 3.85. The number of ether oxygens (including phenoxy) is 1. The van der Waals surface area contributed by atoms with Gasteiger partial charge >= 0.3 is 6.18 Å². The van der Waals surface area contributed by atoms with Crippen LogP contribution in [0.25, 0.3) is 0 Å². The van der Waals surface area contributed by atoms with Crippen molar-refractivity contribution in [2.24, 2.45) is 0 Å². The molecule has 0 aliphatic carbocycles. The van der Waals surface area contributed by atoms with E-state index in [2.05, 4.69) is 0 Å². The third kappa shape index (κ3) is 3.30. The van der Waals surface area contributed by atoms with Crippen molar-refractivity contribution >= 4 is 11.6 Å². The SMILES string of the molecule is CCCOc1ccc(Cl)cc1C(F)(F)F.